The Labute approximate surface area is 143 Å². The molecule has 2 rings (SSSR count). The molecule has 1 heterocycles. The number of hydrogen-bond donors (Lipinski definition) is 0. The summed E-state index contributed by atoms with van der Waals surface area (Å²) in [7, 11) is 0. The molecule has 0 spiro atoms. The zero-order valence-corrected chi connectivity index (χ0v) is 15.2. The van der Waals surface area contributed by atoms with E-state index in [-0.39, 0.29) is 18.0 Å². The number of carbonyl (C=O) groups is 2. The van der Waals surface area contributed by atoms with E-state index in [4.69, 9.17) is 9.47 Å². The Bertz CT molecular complexity index is 618. The fraction of sp³-hybridized carbons (Fsp3) is 0.579. The van der Waals surface area contributed by atoms with Crippen LogP contribution >= 0.6 is 0 Å². The van der Waals surface area contributed by atoms with Crippen LogP contribution in [-0.2, 0) is 9.47 Å². The lowest BCUT2D eigenvalue weighted by molar-refractivity contribution is 0.0292. The number of carbonyl (C=O) groups excluding carboxylic acids is 2. The first kappa shape index (κ1) is 18.3. The van der Waals surface area contributed by atoms with Gasteiger partial charge in [0.1, 0.15) is 5.60 Å². The average Bonchev–Trinajstić information content (AvgIpc) is 2.96. The summed E-state index contributed by atoms with van der Waals surface area (Å²) in [5.74, 6) is -0.0901. The Morgan fingerprint density at radius 3 is 2.62 bits per heavy atom. The maximum Gasteiger partial charge on any atom is 0.410 e. The number of likely N-dealkylation sites (tertiary alicyclic amines) is 1. The second-order valence-corrected chi connectivity index (χ2v) is 7.20. The van der Waals surface area contributed by atoms with Gasteiger partial charge in [0.2, 0.25) is 0 Å². The monoisotopic (exact) mass is 333 g/mol. The van der Waals surface area contributed by atoms with Crippen molar-refractivity contribution in [3.05, 3.63) is 34.9 Å². The molecule has 1 fully saturated rings. The van der Waals surface area contributed by atoms with E-state index in [9.17, 15) is 9.59 Å². The van der Waals surface area contributed by atoms with Gasteiger partial charge in [-0.05, 0) is 64.3 Å². The zero-order chi connectivity index (χ0) is 17.9. The van der Waals surface area contributed by atoms with Gasteiger partial charge in [0.25, 0.3) is 0 Å². The minimum absolute atomic E-state index is 0.215. The van der Waals surface area contributed by atoms with Crippen molar-refractivity contribution in [3.63, 3.8) is 0 Å². The maximum atomic E-state index is 12.2. The van der Waals surface area contributed by atoms with Crippen molar-refractivity contribution in [2.45, 2.75) is 52.6 Å². The summed E-state index contributed by atoms with van der Waals surface area (Å²) in [5, 5.41) is 0. The van der Waals surface area contributed by atoms with Crippen molar-refractivity contribution in [1.29, 1.82) is 0 Å². The summed E-state index contributed by atoms with van der Waals surface area (Å²) >= 11 is 0. The molecule has 132 valence electrons. The highest BCUT2D eigenvalue weighted by Gasteiger charge is 2.31. The molecule has 1 aliphatic heterocycles. The van der Waals surface area contributed by atoms with Crippen molar-refractivity contribution in [1.82, 2.24) is 4.90 Å². The summed E-state index contributed by atoms with van der Waals surface area (Å²) in [4.78, 5) is 25.9. The quantitative estimate of drug-likeness (QED) is 0.787. The van der Waals surface area contributed by atoms with E-state index in [1.165, 1.54) is 0 Å². The van der Waals surface area contributed by atoms with Gasteiger partial charge in [-0.15, -0.1) is 0 Å². The fourth-order valence-electron chi connectivity index (χ4n) is 2.93. The molecule has 0 radical (unpaired) electrons. The van der Waals surface area contributed by atoms with E-state index in [2.05, 4.69) is 0 Å². The van der Waals surface area contributed by atoms with Crippen LogP contribution in [-0.4, -0.2) is 42.3 Å². The van der Waals surface area contributed by atoms with Crippen LogP contribution in [0.2, 0.25) is 0 Å². The predicted octanol–water partition coefficient (Wildman–Crippen LogP) is 3.90. The van der Waals surface area contributed by atoms with Gasteiger partial charge in [-0.1, -0.05) is 6.07 Å². The molecule has 0 aromatic heterocycles. The highest BCUT2D eigenvalue weighted by Crippen LogP contribution is 2.31. The normalized spacial score (nSPS) is 17.7. The Hall–Kier alpha value is -2.04. The van der Waals surface area contributed by atoms with Crippen molar-refractivity contribution < 1.29 is 19.1 Å². The lowest BCUT2D eigenvalue weighted by Crippen LogP contribution is -2.35. The zero-order valence-electron chi connectivity index (χ0n) is 15.2. The molecular formula is C19H27NO4. The molecule has 1 aliphatic rings. The van der Waals surface area contributed by atoms with E-state index in [1.54, 1.807) is 17.9 Å². The number of aryl methyl sites for hydroxylation is 1. The molecule has 5 heteroatoms. The van der Waals surface area contributed by atoms with Gasteiger partial charge >= 0.3 is 12.1 Å². The Kier molecular flexibility index (Phi) is 5.52. The second-order valence-electron chi connectivity index (χ2n) is 7.20. The first-order valence-corrected chi connectivity index (χ1v) is 8.47. The molecule has 0 saturated carbocycles. The number of nitrogens with zero attached hydrogens (tertiary/aromatic N) is 1. The fourth-order valence-corrected chi connectivity index (χ4v) is 2.93. The van der Waals surface area contributed by atoms with Gasteiger partial charge in [-0.3, -0.25) is 0 Å². The summed E-state index contributed by atoms with van der Waals surface area (Å²) in [5.41, 5.74) is 2.30. The number of amides is 1. The van der Waals surface area contributed by atoms with Crippen LogP contribution < -0.4 is 0 Å². The molecular weight excluding hydrogens is 306 g/mol. The van der Waals surface area contributed by atoms with Crippen LogP contribution in [0.15, 0.2) is 18.2 Å². The Morgan fingerprint density at radius 2 is 2.00 bits per heavy atom. The third-order valence-electron chi connectivity index (χ3n) is 4.07. The predicted molar refractivity (Wildman–Crippen MR) is 92.3 cm³/mol. The molecule has 1 aromatic carbocycles. The largest absolute Gasteiger partial charge is 0.462 e. The van der Waals surface area contributed by atoms with Crippen LogP contribution in [0, 0.1) is 6.92 Å². The number of benzene rings is 1. The molecule has 1 atom stereocenters. The molecule has 0 aliphatic carbocycles. The van der Waals surface area contributed by atoms with Crippen molar-refractivity contribution in [3.8, 4) is 0 Å². The summed E-state index contributed by atoms with van der Waals surface area (Å²) in [6.07, 6.45) is 0.594. The summed E-state index contributed by atoms with van der Waals surface area (Å²) in [6, 6.07) is 5.63. The van der Waals surface area contributed by atoms with Crippen LogP contribution in [0.1, 0.15) is 61.5 Å². The highest BCUT2D eigenvalue weighted by atomic mass is 16.6. The van der Waals surface area contributed by atoms with Gasteiger partial charge in [0.05, 0.1) is 12.2 Å². The van der Waals surface area contributed by atoms with E-state index < -0.39 is 5.60 Å². The summed E-state index contributed by atoms with van der Waals surface area (Å²) in [6.45, 7) is 11.1. The van der Waals surface area contributed by atoms with Crippen molar-refractivity contribution in [2.75, 3.05) is 19.7 Å². The molecule has 1 saturated heterocycles. The van der Waals surface area contributed by atoms with Crippen LogP contribution in [0.25, 0.3) is 0 Å². The van der Waals surface area contributed by atoms with E-state index >= 15 is 0 Å². The summed E-state index contributed by atoms with van der Waals surface area (Å²) < 4.78 is 10.5. The molecule has 1 amide bonds. The number of ether oxygens (including phenoxy) is 2. The molecule has 0 bridgehead atoms. The number of hydrogen-bond acceptors (Lipinski definition) is 4. The number of rotatable bonds is 3. The maximum absolute atomic E-state index is 12.2. The van der Waals surface area contributed by atoms with Gasteiger partial charge < -0.3 is 14.4 Å². The molecule has 5 nitrogen and oxygen atoms in total. The van der Waals surface area contributed by atoms with Gasteiger partial charge in [-0.2, -0.15) is 0 Å². The van der Waals surface area contributed by atoms with Crippen molar-refractivity contribution in [2.24, 2.45) is 0 Å². The van der Waals surface area contributed by atoms with Crippen LogP contribution in [0.3, 0.4) is 0 Å². The second kappa shape index (κ2) is 7.24. The van der Waals surface area contributed by atoms with E-state index in [0.29, 0.717) is 25.3 Å². The molecule has 1 aromatic rings. The van der Waals surface area contributed by atoms with Gasteiger partial charge in [-0.25, -0.2) is 9.59 Å². The van der Waals surface area contributed by atoms with Gasteiger partial charge in [0.15, 0.2) is 0 Å². The molecule has 0 N–H and O–H groups in total. The lowest BCUT2D eigenvalue weighted by atomic mass is 9.92. The SMILES string of the molecule is CCOC(=O)c1ccc(C)c([C@@H]2CCN(C(=O)OC(C)(C)C)C2)c1. The van der Waals surface area contributed by atoms with Crippen LogP contribution in [0.4, 0.5) is 4.79 Å². The van der Waals surface area contributed by atoms with E-state index in [0.717, 1.165) is 17.5 Å². The molecule has 24 heavy (non-hydrogen) atoms. The Morgan fingerprint density at radius 1 is 1.29 bits per heavy atom. The Balaban J connectivity index is 2.11. The first-order valence-electron chi connectivity index (χ1n) is 8.47. The highest BCUT2D eigenvalue weighted by molar-refractivity contribution is 5.89. The van der Waals surface area contributed by atoms with Crippen LogP contribution in [0.5, 0.6) is 0 Å². The third-order valence-corrected chi connectivity index (χ3v) is 4.07. The topological polar surface area (TPSA) is 55.8 Å². The standard InChI is InChI=1S/C19H27NO4/c1-6-23-17(21)14-8-7-13(2)16(11-14)15-9-10-20(12-15)18(22)24-19(3,4)5/h7-8,11,15H,6,9-10,12H2,1-5H3/t15-/m1/s1. The average molecular weight is 333 g/mol. The molecule has 0 unspecified atom stereocenters. The van der Waals surface area contributed by atoms with Crippen molar-refractivity contribution >= 4 is 12.1 Å². The number of esters is 1. The minimum atomic E-state index is -0.491. The van der Waals surface area contributed by atoms with E-state index in [1.807, 2.05) is 39.8 Å². The minimum Gasteiger partial charge on any atom is -0.462 e. The third kappa shape index (κ3) is 4.49. The first-order chi connectivity index (χ1) is 11.2. The van der Waals surface area contributed by atoms with Gasteiger partial charge in [0, 0.05) is 19.0 Å². The lowest BCUT2D eigenvalue weighted by Gasteiger charge is -2.24. The smallest absolute Gasteiger partial charge is 0.410 e.